The quantitative estimate of drug-likeness (QED) is 0.338. The van der Waals surface area contributed by atoms with E-state index in [1.54, 1.807) is 24.3 Å². The van der Waals surface area contributed by atoms with Crippen molar-refractivity contribution >= 4 is 58.8 Å². The van der Waals surface area contributed by atoms with Crippen molar-refractivity contribution in [2.75, 3.05) is 22.0 Å². The lowest BCUT2D eigenvalue weighted by molar-refractivity contribution is 0.253. The topological polar surface area (TPSA) is 148 Å². The third-order valence-electron chi connectivity index (χ3n) is 4.35. The summed E-state index contributed by atoms with van der Waals surface area (Å²) in [6, 6.07) is 7.05. The van der Waals surface area contributed by atoms with E-state index in [9.17, 15) is 9.59 Å². The molecule has 2 aromatic carbocycles. The zero-order valence-electron chi connectivity index (χ0n) is 14.3. The molecule has 11 heteroatoms. The van der Waals surface area contributed by atoms with Crippen LogP contribution >= 0.6 is 24.0 Å². The Morgan fingerprint density at radius 2 is 1.56 bits per heavy atom. The molecular weight excluding hydrogens is 393 g/mol. The van der Waals surface area contributed by atoms with Crippen LogP contribution in [-0.4, -0.2) is 19.1 Å². The Morgan fingerprint density at radius 3 is 2.15 bits per heavy atom. The van der Waals surface area contributed by atoms with Gasteiger partial charge in [0.05, 0.1) is 11.4 Å². The van der Waals surface area contributed by atoms with Crippen LogP contribution in [0.2, 0.25) is 5.02 Å². The van der Waals surface area contributed by atoms with Gasteiger partial charge in [0.25, 0.3) is 0 Å². The number of fused-ring (bicyclic) bond motifs is 2. The van der Waals surface area contributed by atoms with Gasteiger partial charge in [0, 0.05) is 29.9 Å². The molecule has 0 aromatic heterocycles. The molecule has 0 atom stereocenters. The third kappa shape index (κ3) is 3.58. The molecule has 3 rings (SSSR count). The Hall–Kier alpha value is -2.72. The van der Waals surface area contributed by atoms with E-state index in [2.05, 4.69) is 0 Å². The van der Waals surface area contributed by atoms with Gasteiger partial charge in [-0.25, -0.2) is 31.3 Å². The average molecular weight is 412 g/mol. The fraction of sp³-hybridized carbons (Fsp3) is 0.125. The molecule has 9 nitrogen and oxygen atoms in total. The van der Waals surface area contributed by atoms with E-state index < -0.39 is 12.1 Å². The lowest BCUT2D eigenvalue weighted by atomic mass is 9.95. The van der Waals surface area contributed by atoms with Crippen LogP contribution in [0.4, 0.5) is 32.3 Å². The first-order valence-electron chi connectivity index (χ1n) is 7.58. The monoisotopic (exact) mass is 411 g/mol. The zero-order chi connectivity index (χ0) is 19.2. The summed E-state index contributed by atoms with van der Waals surface area (Å²) >= 11 is 6.40. The van der Waals surface area contributed by atoms with Crippen molar-refractivity contribution in [3.63, 3.8) is 0 Å². The first-order valence-corrected chi connectivity index (χ1v) is 7.96. The fourth-order valence-electron chi connectivity index (χ4n) is 2.96. The van der Waals surface area contributed by atoms with Crippen molar-refractivity contribution in [2.24, 2.45) is 23.2 Å². The molecule has 0 saturated carbocycles. The van der Waals surface area contributed by atoms with E-state index in [4.69, 9.17) is 34.8 Å². The van der Waals surface area contributed by atoms with Crippen molar-refractivity contribution in [3.8, 4) is 0 Å². The van der Waals surface area contributed by atoms with Gasteiger partial charge in [-0.05, 0) is 35.4 Å². The maximum Gasteiger partial charge on any atom is 0.333 e. The van der Waals surface area contributed by atoms with Crippen LogP contribution in [0.1, 0.15) is 11.1 Å². The number of hydrogen-bond donors (Lipinski definition) is 4. The Labute approximate surface area is 166 Å². The molecule has 1 aliphatic heterocycles. The molecule has 1 aliphatic rings. The number of anilines is 4. The normalized spacial score (nSPS) is 11.8. The molecule has 0 unspecified atom stereocenters. The van der Waals surface area contributed by atoms with Gasteiger partial charge in [-0.2, -0.15) is 0 Å². The predicted molar refractivity (Wildman–Crippen MR) is 109 cm³/mol. The highest BCUT2D eigenvalue weighted by Crippen LogP contribution is 2.43. The molecule has 2 aromatic rings. The van der Waals surface area contributed by atoms with E-state index in [0.717, 1.165) is 32.5 Å². The Morgan fingerprint density at radius 1 is 1.00 bits per heavy atom. The second kappa shape index (κ2) is 7.49. The van der Waals surface area contributed by atoms with E-state index >= 15 is 0 Å². The molecule has 0 radical (unpaired) electrons. The van der Waals surface area contributed by atoms with Crippen LogP contribution in [-0.2, 0) is 6.42 Å². The number of nitrogens with two attached hydrogens (primary N) is 4. The number of primary amides is 2. The first kappa shape index (κ1) is 20.6. The van der Waals surface area contributed by atoms with Gasteiger partial charge < -0.3 is 16.4 Å². The van der Waals surface area contributed by atoms with Gasteiger partial charge in [-0.15, -0.1) is 12.4 Å². The molecule has 8 N–H and O–H groups in total. The third-order valence-corrected chi connectivity index (χ3v) is 4.68. The average Bonchev–Trinajstić information content (AvgIpc) is 2.60. The van der Waals surface area contributed by atoms with Gasteiger partial charge in [-0.1, -0.05) is 17.7 Å². The van der Waals surface area contributed by atoms with Crippen molar-refractivity contribution < 1.29 is 9.59 Å². The molecule has 4 amide bonds. The second-order valence-corrected chi connectivity index (χ2v) is 6.30. The number of amides is 4. The van der Waals surface area contributed by atoms with E-state index in [1.165, 1.54) is 0 Å². The highest BCUT2D eigenvalue weighted by Gasteiger charge is 2.25. The highest BCUT2D eigenvalue weighted by molar-refractivity contribution is 6.32. The summed E-state index contributed by atoms with van der Waals surface area (Å²) in [6.45, 7) is 0. The molecular formula is C16H19Cl2N7O2. The predicted octanol–water partition coefficient (Wildman–Crippen LogP) is 1.95. The maximum atomic E-state index is 11.3. The molecule has 0 aliphatic carbocycles. The van der Waals surface area contributed by atoms with Gasteiger partial charge in [0.1, 0.15) is 0 Å². The fourth-order valence-corrected chi connectivity index (χ4v) is 3.24. The number of hydrazine groups is 2. The Kier molecular flexibility index (Phi) is 5.71. The summed E-state index contributed by atoms with van der Waals surface area (Å²) in [5.41, 5.74) is 14.7. The standard InChI is InChI=1S/C16H18ClN7O2.ClH/c1-22-13-6-9(23(20)15(18)25)3-2-8(13)4-11-12(17)5-10(7-14(11)22)24(21)16(19)26;/h2-3,5-7H,4,20-21H2,1H3,(H2,18,25)(H2,19,26);1H. The van der Waals surface area contributed by atoms with Crippen molar-refractivity contribution in [1.29, 1.82) is 0 Å². The molecule has 0 spiro atoms. The van der Waals surface area contributed by atoms with E-state index in [1.807, 2.05) is 18.0 Å². The second-order valence-electron chi connectivity index (χ2n) is 5.89. The van der Waals surface area contributed by atoms with Crippen molar-refractivity contribution in [3.05, 3.63) is 46.5 Å². The van der Waals surface area contributed by atoms with Gasteiger partial charge >= 0.3 is 12.1 Å². The summed E-state index contributed by atoms with van der Waals surface area (Å²) in [6.07, 6.45) is 0.566. The SMILES string of the molecule is CN1c2cc(N(N)C(N)=O)ccc2Cc2c(Cl)cc(N(N)C(N)=O)cc21.Cl. The maximum absolute atomic E-state index is 11.3. The van der Waals surface area contributed by atoms with Crippen molar-refractivity contribution in [1.82, 2.24) is 0 Å². The molecule has 1 heterocycles. The molecule has 0 fully saturated rings. The molecule has 0 saturated heterocycles. The van der Waals surface area contributed by atoms with E-state index in [0.29, 0.717) is 22.8 Å². The molecule has 27 heavy (non-hydrogen) atoms. The minimum atomic E-state index is -0.803. The van der Waals surface area contributed by atoms with Gasteiger partial charge in [0.2, 0.25) is 0 Å². The minimum absolute atomic E-state index is 0. The number of benzene rings is 2. The van der Waals surface area contributed by atoms with Crippen LogP contribution in [0.15, 0.2) is 30.3 Å². The molecule has 0 bridgehead atoms. The summed E-state index contributed by atoms with van der Waals surface area (Å²) in [5, 5.41) is 2.15. The number of hydrogen-bond acceptors (Lipinski definition) is 5. The van der Waals surface area contributed by atoms with Crippen LogP contribution in [0, 0.1) is 0 Å². The number of halogens is 2. The van der Waals surface area contributed by atoms with Crippen LogP contribution < -0.4 is 38.1 Å². The summed E-state index contributed by atoms with van der Waals surface area (Å²) in [7, 11) is 1.83. The lowest BCUT2D eigenvalue weighted by Gasteiger charge is -2.32. The van der Waals surface area contributed by atoms with Crippen LogP contribution in [0.5, 0.6) is 0 Å². The largest absolute Gasteiger partial charge is 0.350 e. The Balaban J connectivity index is 0.00000261. The smallest absolute Gasteiger partial charge is 0.333 e. The zero-order valence-corrected chi connectivity index (χ0v) is 15.9. The first-order chi connectivity index (χ1) is 12.2. The minimum Gasteiger partial charge on any atom is -0.350 e. The van der Waals surface area contributed by atoms with Crippen LogP contribution in [0.25, 0.3) is 0 Å². The number of urea groups is 2. The lowest BCUT2D eigenvalue weighted by Crippen LogP contribution is -2.42. The summed E-state index contributed by atoms with van der Waals surface area (Å²) < 4.78 is 0. The molecule has 144 valence electrons. The van der Waals surface area contributed by atoms with E-state index in [-0.39, 0.29) is 12.4 Å². The van der Waals surface area contributed by atoms with Crippen LogP contribution in [0.3, 0.4) is 0 Å². The van der Waals surface area contributed by atoms with Crippen molar-refractivity contribution in [2.45, 2.75) is 6.42 Å². The summed E-state index contributed by atoms with van der Waals surface area (Å²) in [5.74, 6) is 11.4. The van der Waals surface area contributed by atoms with Gasteiger partial charge in [0.15, 0.2) is 0 Å². The number of carbonyl (C=O) groups is 2. The number of carbonyl (C=O) groups excluding carboxylic acids is 2. The highest BCUT2D eigenvalue weighted by atomic mass is 35.5. The number of nitrogens with zero attached hydrogens (tertiary/aromatic N) is 3. The Bertz CT molecular complexity index is 922. The summed E-state index contributed by atoms with van der Waals surface area (Å²) in [4.78, 5) is 24.5. The number of rotatable bonds is 2. The van der Waals surface area contributed by atoms with Gasteiger partial charge in [-0.3, -0.25) is 0 Å².